The van der Waals surface area contributed by atoms with Crippen LogP contribution in [0.3, 0.4) is 0 Å². The number of hydrogen-bond acceptors (Lipinski definition) is 7. The van der Waals surface area contributed by atoms with Gasteiger partial charge in [-0.3, -0.25) is 9.69 Å². The van der Waals surface area contributed by atoms with Gasteiger partial charge >= 0.3 is 11.9 Å². The molecule has 1 saturated heterocycles. The van der Waals surface area contributed by atoms with Gasteiger partial charge in [-0.05, 0) is 31.0 Å². The summed E-state index contributed by atoms with van der Waals surface area (Å²) in [5, 5.41) is 12.4. The summed E-state index contributed by atoms with van der Waals surface area (Å²) in [6, 6.07) is 7.53. The summed E-state index contributed by atoms with van der Waals surface area (Å²) in [7, 11) is 3.19. The molecule has 3 aliphatic heterocycles. The van der Waals surface area contributed by atoms with Crippen molar-refractivity contribution in [3.05, 3.63) is 42.0 Å². The molecule has 1 aliphatic carbocycles. The van der Waals surface area contributed by atoms with E-state index >= 15 is 0 Å². The first-order valence-corrected chi connectivity index (χ1v) is 11.0. The highest BCUT2D eigenvalue weighted by atomic mass is 16.6. The van der Waals surface area contributed by atoms with Crippen LogP contribution in [0.15, 0.2) is 36.4 Å². The monoisotopic (exact) mass is 426 g/mol. The van der Waals surface area contributed by atoms with E-state index in [-0.39, 0.29) is 6.04 Å². The normalized spacial score (nSPS) is 40.2. The van der Waals surface area contributed by atoms with E-state index in [4.69, 9.17) is 9.47 Å². The number of rotatable bonds is 3. The number of carbonyl (C=O) groups is 2. The quantitative estimate of drug-likeness (QED) is 0.581. The standard InChI is InChI=1S/C24H30N2O5/c1-5-22-11-8-13-26-14-12-23(18(22)26)16-9-6-7-10-17(16)25(3)19(23)24(29,21(28)30-4)20(22)31-15(2)27/h6-11,18-20,29H,5,12-14H2,1-4H3/t18-,19+,20+,22+,23+,24?/m0/s1. The van der Waals surface area contributed by atoms with Crippen LogP contribution in [0, 0.1) is 5.41 Å². The molecule has 0 bridgehead atoms. The highest BCUT2D eigenvalue weighted by Gasteiger charge is 2.80. The van der Waals surface area contributed by atoms with Gasteiger partial charge in [-0.1, -0.05) is 37.3 Å². The number of hydrogen-bond donors (Lipinski definition) is 1. The van der Waals surface area contributed by atoms with Gasteiger partial charge in [-0.15, -0.1) is 0 Å². The van der Waals surface area contributed by atoms with E-state index in [1.54, 1.807) is 0 Å². The second-order valence-electron chi connectivity index (χ2n) is 9.39. The van der Waals surface area contributed by atoms with Gasteiger partial charge < -0.3 is 19.5 Å². The maximum Gasteiger partial charge on any atom is 0.344 e. The third kappa shape index (κ3) is 2.21. The van der Waals surface area contributed by atoms with Crippen molar-refractivity contribution in [1.29, 1.82) is 0 Å². The molecular weight excluding hydrogens is 396 g/mol. The second-order valence-corrected chi connectivity index (χ2v) is 9.39. The number of likely N-dealkylation sites (N-methyl/N-ethyl adjacent to an activating group) is 1. The van der Waals surface area contributed by atoms with Crippen molar-refractivity contribution in [1.82, 2.24) is 4.90 Å². The second kappa shape index (κ2) is 6.56. The van der Waals surface area contributed by atoms with Gasteiger partial charge in [-0.25, -0.2) is 4.79 Å². The van der Waals surface area contributed by atoms with Crippen LogP contribution in [0.1, 0.15) is 32.3 Å². The molecule has 1 saturated carbocycles. The van der Waals surface area contributed by atoms with Crippen LogP contribution < -0.4 is 4.90 Å². The fourth-order valence-electron chi connectivity index (χ4n) is 7.53. The van der Waals surface area contributed by atoms with E-state index in [0.29, 0.717) is 6.42 Å². The predicted octanol–water partition coefficient (Wildman–Crippen LogP) is 1.63. The number of carbonyl (C=O) groups excluding carboxylic acids is 2. The van der Waals surface area contributed by atoms with E-state index in [2.05, 4.69) is 23.1 Å². The number of aliphatic hydroxyl groups is 1. The number of para-hydroxylation sites is 1. The van der Waals surface area contributed by atoms with Crippen LogP contribution in [-0.4, -0.2) is 73.0 Å². The Balaban J connectivity index is 1.87. The number of esters is 2. The summed E-state index contributed by atoms with van der Waals surface area (Å²) >= 11 is 0. The lowest BCUT2D eigenvalue weighted by Gasteiger charge is -2.63. The molecule has 6 atom stereocenters. The van der Waals surface area contributed by atoms with Crippen LogP contribution in [-0.2, 0) is 24.5 Å². The average Bonchev–Trinajstić information content (AvgIpc) is 3.28. The average molecular weight is 427 g/mol. The maximum atomic E-state index is 13.4. The van der Waals surface area contributed by atoms with Gasteiger partial charge in [-0.2, -0.15) is 0 Å². The Morgan fingerprint density at radius 1 is 1.26 bits per heavy atom. The molecule has 7 heteroatoms. The molecule has 3 heterocycles. The predicted molar refractivity (Wildman–Crippen MR) is 115 cm³/mol. The van der Waals surface area contributed by atoms with Crippen LogP contribution in [0.2, 0.25) is 0 Å². The van der Waals surface area contributed by atoms with Crippen LogP contribution in [0.5, 0.6) is 0 Å². The Labute approximate surface area is 182 Å². The molecule has 1 unspecified atom stereocenters. The largest absolute Gasteiger partial charge is 0.467 e. The fourth-order valence-corrected chi connectivity index (χ4v) is 7.53. The van der Waals surface area contributed by atoms with Crippen molar-refractivity contribution in [2.75, 3.05) is 32.1 Å². The number of methoxy groups -OCH3 is 1. The number of ether oxygens (including phenoxy) is 2. The Morgan fingerprint density at radius 3 is 2.68 bits per heavy atom. The summed E-state index contributed by atoms with van der Waals surface area (Å²) < 4.78 is 11.1. The SMILES string of the molecule is CC[C@]12C=CCN3CC[C@@]4(c5ccccc5N(C)[C@H]4C(O)(C(=O)OC)[C@@H]1OC(C)=O)[C@@H]32. The van der Waals surface area contributed by atoms with E-state index in [9.17, 15) is 14.7 Å². The van der Waals surface area contributed by atoms with Gasteiger partial charge in [0.25, 0.3) is 0 Å². The lowest BCUT2D eigenvalue weighted by molar-refractivity contribution is -0.228. The molecule has 7 nitrogen and oxygen atoms in total. The molecule has 5 rings (SSSR count). The molecular formula is C24H30N2O5. The minimum absolute atomic E-state index is 0.0135. The molecule has 1 aromatic carbocycles. The van der Waals surface area contributed by atoms with E-state index in [1.807, 2.05) is 37.1 Å². The van der Waals surface area contributed by atoms with Crippen molar-refractivity contribution in [2.45, 2.75) is 55.9 Å². The van der Waals surface area contributed by atoms with Gasteiger partial charge in [0, 0.05) is 43.1 Å². The number of nitrogens with zero attached hydrogens (tertiary/aromatic N) is 2. The number of anilines is 1. The molecule has 0 aromatic heterocycles. The number of fused-ring (bicyclic) bond motifs is 1. The van der Waals surface area contributed by atoms with Crippen molar-refractivity contribution in [2.24, 2.45) is 5.41 Å². The molecule has 2 fully saturated rings. The molecule has 1 N–H and O–H groups in total. The van der Waals surface area contributed by atoms with Crippen molar-refractivity contribution >= 4 is 17.6 Å². The van der Waals surface area contributed by atoms with Crippen molar-refractivity contribution in [3.63, 3.8) is 0 Å². The fraction of sp³-hybridized carbons (Fsp3) is 0.583. The van der Waals surface area contributed by atoms with Crippen molar-refractivity contribution in [3.8, 4) is 0 Å². The summed E-state index contributed by atoms with van der Waals surface area (Å²) in [4.78, 5) is 30.1. The molecule has 4 aliphatic rings. The minimum atomic E-state index is -2.03. The zero-order valence-corrected chi connectivity index (χ0v) is 18.5. The van der Waals surface area contributed by atoms with Gasteiger partial charge in [0.2, 0.25) is 5.60 Å². The first-order chi connectivity index (χ1) is 14.8. The summed E-state index contributed by atoms with van der Waals surface area (Å²) in [5.74, 6) is -1.28. The Morgan fingerprint density at radius 2 is 2.00 bits per heavy atom. The van der Waals surface area contributed by atoms with Gasteiger partial charge in [0.15, 0.2) is 6.10 Å². The molecule has 166 valence electrons. The minimum Gasteiger partial charge on any atom is -0.467 e. The Bertz CT molecular complexity index is 978. The van der Waals surface area contributed by atoms with Crippen LogP contribution in [0.25, 0.3) is 0 Å². The van der Waals surface area contributed by atoms with Gasteiger partial charge in [0.05, 0.1) is 13.2 Å². The first kappa shape index (κ1) is 20.5. The van der Waals surface area contributed by atoms with Crippen LogP contribution in [0.4, 0.5) is 5.69 Å². The third-order valence-electron chi connectivity index (χ3n) is 8.32. The topological polar surface area (TPSA) is 79.3 Å². The van der Waals surface area contributed by atoms with E-state index < -0.39 is 40.5 Å². The van der Waals surface area contributed by atoms with Crippen molar-refractivity contribution < 1.29 is 24.2 Å². The molecule has 1 aromatic rings. The maximum absolute atomic E-state index is 13.4. The lowest BCUT2D eigenvalue weighted by Crippen LogP contribution is -2.81. The summed E-state index contributed by atoms with van der Waals surface area (Å²) in [6.45, 7) is 5.02. The van der Waals surface area contributed by atoms with Gasteiger partial charge in [0.1, 0.15) is 0 Å². The smallest absolute Gasteiger partial charge is 0.344 e. The van der Waals surface area contributed by atoms with E-state index in [0.717, 1.165) is 30.8 Å². The van der Waals surface area contributed by atoms with Crippen LogP contribution >= 0.6 is 0 Å². The zero-order valence-electron chi connectivity index (χ0n) is 18.5. The third-order valence-corrected chi connectivity index (χ3v) is 8.32. The molecule has 0 radical (unpaired) electrons. The highest BCUT2D eigenvalue weighted by molar-refractivity contribution is 5.86. The molecule has 31 heavy (non-hydrogen) atoms. The Hall–Kier alpha value is -2.38. The zero-order chi connectivity index (χ0) is 22.2. The van der Waals surface area contributed by atoms with E-state index in [1.165, 1.54) is 14.0 Å². The lowest BCUT2D eigenvalue weighted by atomic mass is 9.47. The summed E-state index contributed by atoms with van der Waals surface area (Å²) in [6.07, 6.45) is 4.52. The molecule has 0 amide bonds. The Kier molecular flexibility index (Phi) is 4.34. The summed E-state index contributed by atoms with van der Waals surface area (Å²) in [5.41, 5.74) is -1.10. The first-order valence-electron chi connectivity index (χ1n) is 11.0. The highest BCUT2D eigenvalue weighted by Crippen LogP contribution is 2.67. The molecule has 1 spiro atoms. The number of benzene rings is 1.